The molecule has 3 aromatic rings. The summed E-state index contributed by atoms with van der Waals surface area (Å²) in [4.78, 5) is 14.1. The van der Waals surface area contributed by atoms with Gasteiger partial charge in [0.15, 0.2) is 6.61 Å². The van der Waals surface area contributed by atoms with Gasteiger partial charge in [-0.25, -0.2) is 4.39 Å². The lowest BCUT2D eigenvalue weighted by Gasteiger charge is -2.34. The van der Waals surface area contributed by atoms with Crippen LogP contribution in [0.1, 0.15) is 17.5 Å². The Bertz CT molecular complexity index is 1150. The lowest BCUT2D eigenvalue weighted by atomic mass is 10.0. The van der Waals surface area contributed by atoms with Gasteiger partial charge in [-0.1, -0.05) is 17.7 Å². The van der Waals surface area contributed by atoms with E-state index < -0.39 is 29.9 Å². The first kappa shape index (κ1) is 25.1. The predicted octanol–water partition coefficient (Wildman–Crippen LogP) is 5.26. The van der Waals surface area contributed by atoms with E-state index in [1.807, 2.05) is 17.2 Å². The molecule has 0 bridgehead atoms. The Hall–Kier alpha value is -3.04. The van der Waals surface area contributed by atoms with Crippen LogP contribution < -0.4 is 10.1 Å². The van der Waals surface area contributed by atoms with E-state index in [0.717, 1.165) is 17.7 Å². The quantitative estimate of drug-likeness (QED) is 0.442. The van der Waals surface area contributed by atoms with Crippen molar-refractivity contribution in [3.63, 3.8) is 0 Å². The molecule has 0 aliphatic carbocycles. The van der Waals surface area contributed by atoms with Gasteiger partial charge < -0.3 is 14.6 Å². The Kier molecular flexibility index (Phi) is 7.66. The average Bonchev–Trinajstić information content (AvgIpc) is 3.27. The van der Waals surface area contributed by atoms with Crippen LogP contribution in [0.25, 0.3) is 5.69 Å². The van der Waals surface area contributed by atoms with Crippen molar-refractivity contribution in [1.29, 1.82) is 0 Å². The fourth-order valence-electron chi connectivity index (χ4n) is 4.00. The highest BCUT2D eigenvalue weighted by Crippen LogP contribution is 2.29. The number of alkyl halides is 4. The van der Waals surface area contributed by atoms with E-state index in [1.165, 1.54) is 12.1 Å². The molecule has 1 amide bonds. The molecule has 1 aliphatic heterocycles. The van der Waals surface area contributed by atoms with E-state index in [-0.39, 0.29) is 13.2 Å². The molecule has 35 heavy (non-hydrogen) atoms. The van der Waals surface area contributed by atoms with Crippen molar-refractivity contribution in [2.24, 2.45) is 0 Å². The minimum atomic E-state index is -4.38. The molecule has 0 spiro atoms. The molecule has 186 valence electrons. The lowest BCUT2D eigenvalue weighted by molar-refractivity contribution is -0.137. The average molecular weight is 510 g/mol. The van der Waals surface area contributed by atoms with Gasteiger partial charge in [-0.15, -0.1) is 0 Å². The van der Waals surface area contributed by atoms with Crippen LogP contribution in [0.3, 0.4) is 0 Å². The third-order valence-electron chi connectivity index (χ3n) is 5.79. The minimum absolute atomic E-state index is 0.158. The van der Waals surface area contributed by atoms with Crippen molar-refractivity contribution in [3.05, 3.63) is 83.1 Å². The third-order valence-corrected chi connectivity index (χ3v) is 6.03. The van der Waals surface area contributed by atoms with E-state index in [2.05, 4.69) is 5.32 Å². The van der Waals surface area contributed by atoms with Gasteiger partial charge >= 0.3 is 6.18 Å². The molecule has 0 saturated carbocycles. The Labute approximate surface area is 205 Å². The molecule has 1 aliphatic rings. The number of benzene rings is 2. The SMILES string of the molecule is O=C(COc1cccc(Cl)c1)N[C@@H]1CCN(Cc2ccn(-c3ccc(C(F)(F)F)cc3)c2)C[C@H]1F. The third kappa shape index (κ3) is 6.76. The molecule has 2 atom stereocenters. The molecule has 1 aromatic heterocycles. The largest absolute Gasteiger partial charge is 0.484 e. The van der Waals surface area contributed by atoms with Crippen molar-refractivity contribution in [2.75, 3.05) is 19.7 Å². The van der Waals surface area contributed by atoms with Crippen LogP contribution in [0, 0.1) is 0 Å². The molecular weight excluding hydrogens is 486 g/mol. The number of aromatic nitrogens is 1. The van der Waals surface area contributed by atoms with Crippen LogP contribution in [-0.2, 0) is 17.5 Å². The van der Waals surface area contributed by atoms with E-state index in [4.69, 9.17) is 16.3 Å². The zero-order chi connectivity index (χ0) is 25.0. The highest BCUT2D eigenvalue weighted by Gasteiger charge is 2.31. The molecule has 1 N–H and O–H groups in total. The van der Waals surface area contributed by atoms with Gasteiger partial charge in [-0.05, 0) is 60.5 Å². The van der Waals surface area contributed by atoms with Crippen LogP contribution in [0.4, 0.5) is 17.6 Å². The molecule has 0 radical (unpaired) electrons. The van der Waals surface area contributed by atoms with E-state index in [9.17, 15) is 22.4 Å². The standard InChI is InChI=1S/C25H24ClF4N3O2/c26-19-2-1-3-21(12-19)35-16-24(34)31-23-9-10-32(15-22(23)27)13-17-8-11-33(14-17)20-6-4-18(5-7-20)25(28,29)30/h1-8,11-12,14,22-23H,9-10,13,15-16H2,(H,31,34)/t22-,23-/m1/s1. The summed E-state index contributed by atoms with van der Waals surface area (Å²) in [6.45, 7) is 1.01. The van der Waals surface area contributed by atoms with Crippen LogP contribution in [0.5, 0.6) is 5.75 Å². The maximum atomic E-state index is 14.8. The lowest BCUT2D eigenvalue weighted by Crippen LogP contribution is -2.52. The number of hydrogen-bond donors (Lipinski definition) is 1. The first-order valence-corrected chi connectivity index (χ1v) is 11.4. The molecule has 2 aromatic carbocycles. The summed E-state index contributed by atoms with van der Waals surface area (Å²) in [7, 11) is 0. The number of carbonyl (C=O) groups excluding carboxylic acids is 1. The molecule has 4 rings (SSSR count). The number of rotatable bonds is 7. The number of piperidine rings is 1. The number of halogens is 5. The maximum Gasteiger partial charge on any atom is 0.416 e. The van der Waals surface area contributed by atoms with Crippen molar-refractivity contribution >= 4 is 17.5 Å². The smallest absolute Gasteiger partial charge is 0.416 e. The highest BCUT2D eigenvalue weighted by atomic mass is 35.5. The monoisotopic (exact) mass is 509 g/mol. The van der Waals surface area contributed by atoms with Crippen molar-refractivity contribution in [3.8, 4) is 11.4 Å². The molecule has 1 fully saturated rings. The molecule has 5 nitrogen and oxygen atoms in total. The van der Waals surface area contributed by atoms with Gasteiger partial charge in [0.2, 0.25) is 0 Å². The first-order chi connectivity index (χ1) is 16.7. The fraction of sp³-hybridized carbons (Fsp3) is 0.320. The van der Waals surface area contributed by atoms with Gasteiger partial charge in [0.05, 0.1) is 11.6 Å². The Balaban J connectivity index is 1.25. The Morgan fingerprint density at radius 1 is 1.14 bits per heavy atom. The Morgan fingerprint density at radius 3 is 2.60 bits per heavy atom. The summed E-state index contributed by atoms with van der Waals surface area (Å²) < 4.78 is 60.2. The maximum absolute atomic E-state index is 14.8. The molecular formula is C25H24ClF4N3O2. The first-order valence-electron chi connectivity index (χ1n) is 11.1. The van der Waals surface area contributed by atoms with Crippen LogP contribution in [-0.4, -0.2) is 47.3 Å². The second kappa shape index (κ2) is 10.7. The zero-order valence-electron chi connectivity index (χ0n) is 18.6. The van der Waals surface area contributed by atoms with Gasteiger partial charge in [0, 0.05) is 42.7 Å². The van der Waals surface area contributed by atoms with Gasteiger partial charge in [0.1, 0.15) is 11.9 Å². The molecule has 2 heterocycles. The van der Waals surface area contributed by atoms with Gasteiger partial charge in [0.25, 0.3) is 5.91 Å². The molecule has 0 unspecified atom stereocenters. The van der Waals surface area contributed by atoms with Crippen molar-refractivity contribution in [1.82, 2.24) is 14.8 Å². The summed E-state index contributed by atoms with van der Waals surface area (Å²) in [5, 5.41) is 3.19. The normalized spacial score (nSPS) is 18.9. The van der Waals surface area contributed by atoms with Crippen LogP contribution in [0.2, 0.25) is 5.02 Å². The van der Waals surface area contributed by atoms with E-state index in [1.54, 1.807) is 35.0 Å². The predicted molar refractivity (Wildman–Crippen MR) is 124 cm³/mol. The highest BCUT2D eigenvalue weighted by molar-refractivity contribution is 6.30. The second-order valence-corrected chi connectivity index (χ2v) is 8.87. The second-order valence-electron chi connectivity index (χ2n) is 8.43. The number of nitrogens with one attached hydrogen (secondary N) is 1. The number of hydrogen-bond acceptors (Lipinski definition) is 3. The number of amides is 1. The van der Waals surface area contributed by atoms with Crippen LogP contribution >= 0.6 is 11.6 Å². The van der Waals surface area contributed by atoms with E-state index in [0.29, 0.717) is 36.0 Å². The van der Waals surface area contributed by atoms with E-state index >= 15 is 0 Å². The van der Waals surface area contributed by atoms with Crippen LogP contribution in [0.15, 0.2) is 67.0 Å². The summed E-state index contributed by atoms with van der Waals surface area (Å²) in [5.74, 6) is 0.0576. The number of carbonyl (C=O) groups is 1. The fourth-order valence-corrected chi connectivity index (χ4v) is 4.18. The van der Waals surface area contributed by atoms with Gasteiger partial charge in [-0.2, -0.15) is 13.2 Å². The number of likely N-dealkylation sites (tertiary alicyclic amines) is 1. The Morgan fingerprint density at radius 2 is 1.91 bits per heavy atom. The summed E-state index contributed by atoms with van der Waals surface area (Å²) in [5.41, 5.74) is 0.817. The number of ether oxygens (including phenoxy) is 1. The minimum Gasteiger partial charge on any atom is -0.484 e. The summed E-state index contributed by atoms with van der Waals surface area (Å²) in [6.07, 6.45) is -1.59. The summed E-state index contributed by atoms with van der Waals surface area (Å²) in [6, 6.07) is 12.8. The topological polar surface area (TPSA) is 46.5 Å². The van der Waals surface area contributed by atoms with Gasteiger partial charge in [-0.3, -0.25) is 9.69 Å². The zero-order valence-corrected chi connectivity index (χ0v) is 19.4. The van der Waals surface area contributed by atoms with Crippen molar-refractivity contribution in [2.45, 2.75) is 31.4 Å². The number of nitrogens with zero attached hydrogens (tertiary/aromatic N) is 2. The molecule has 10 heteroatoms. The van der Waals surface area contributed by atoms with Crippen molar-refractivity contribution < 1.29 is 27.1 Å². The summed E-state index contributed by atoms with van der Waals surface area (Å²) >= 11 is 5.89. The molecule has 1 saturated heterocycles.